The average molecular weight is 205 g/mol. The van der Waals surface area contributed by atoms with Crippen LogP contribution in [0.1, 0.15) is 31.2 Å². The summed E-state index contributed by atoms with van der Waals surface area (Å²) in [5.41, 5.74) is 7.84. The highest BCUT2D eigenvalue weighted by atomic mass is 16.5. The molecule has 1 aliphatic heterocycles. The molecule has 1 saturated heterocycles. The molecule has 0 aromatic heterocycles. The second-order valence-corrected chi connectivity index (χ2v) is 4.27. The van der Waals surface area contributed by atoms with Gasteiger partial charge in [0.05, 0.1) is 6.10 Å². The summed E-state index contributed by atoms with van der Waals surface area (Å²) in [6, 6.07) is 8.16. The molecule has 1 aromatic carbocycles. The monoisotopic (exact) mass is 205 g/mol. The molecule has 0 aliphatic carbocycles. The Bertz CT molecular complexity index is 288. The Balaban J connectivity index is 1.79. The van der Waals surface area contributed by atoms with E-state index in [1.165, 1.54) is 24.8 Å². The standard InChI is InChI=1S/C13H19NO/c14-12-7-4-11(5-8-12)6-9-13-3-1-2-10-15-13/h4-5,7-8,13H,1-3,6,9-10,14H2. The highest BCUT2D eigenvalue weighted by Gasteiger charge is 2.13. The van der Waals surface area contributed by atoms with Gasteiger partial charge in [-0.15, -0.1) is 0 Å². The van der Waals surface area contributed by atoms with Crippen molar-refractivity contribution in [3.05, 3.63) is 29.8 Å². The van der Waals surface area contributed by atoms with Gasteiger partial charge in [-0.2, -0.15) is 0 Å². The highest BCUT2D eigenvalue weighted by molar-refractivity contribution is 5.39. The van der Waals surface area contributed by atoms with Crippen molar-refractivity contribution in [2.24, 2.45) is 0 Å². The summed E-state index contributed by atoms with van der Waals surface area (Å²) in [5.74, 6) is 0. The van der Waals surface area contributed by atoms with Crippen LogP contribution in [0.3, 0.4) is 0 Å². The third kappa shape index (κ3) is 3.24. The van der Waals surface area contributed by atoms with Crippen LogP contribution in [0.15, 0.2) is 24.3 Å². The SMILES string of the molecule is Nc1ccc(CCC2CCCCO2)cc1. The third-order valence-electron chi connectivity index (χ3n) is 3.01. The van der Waals surface area contributed by atoms with E-state index in [4.69, 9.17) is 10.5 Å². The van der Waals surface area contributed by atoms with E-state index in [9.17, 15) is 0 Å². The molecule has 0 bridgehead atoms. The van der Waals surface area contributed by atoms with E-state index >= 15 is 0 Å². The Hall–Kier alpha value is -1.02. The minimum absolute atomic E-state index is 0.483. The van der Waals surface area contributed by atoms with Crippen LogP contribution in [-0.2, 0) is 11.2 Å². The molecule has 2 N–H and O–H groups in total. The fourth-order valence-electron chi connectivity index (χ4n) is 2.05. The molecule has 82 valence electrons. The summed E-state index contributed by atoms with van der Waals surface area (Å²) in [7, 11) is 0. The quantitative estimate of drug-likeness (QED) is 0.770. The molecule has 1 atom stereocenters. The predicted molar refractivity (Wildman–Crippen MR) is 62.8 cm³/mol. The lowest BCUT2D eigenvalue weighted by Crippen LogP contribution is -2.19. The second-order valence-electron chi connectivity index (χ2n) is 4.27. The molecule has 2 rings (SSSR count). The molecular weight excluding hydrogens is 186 g/mol. The van der Waals surface area contributed by atoms with Crippen LogP contribution in [0, 0.1) is 0 Å². The maximum absolute atomic E-state index is 5.70. The molecule has 1 unspecified atom stereocenters. The first-order valence-electron chi connectivity index (χ1n) is 5.80. The Labute approximate surface area is 91.4 Å². The van der Waals surface area contributed by atoms with Crippen molar-refractivity contribution >= 4 is 5.69 Å². The third-order valence-corrected chi connectivity index (χ3v) is 3.01. The van der Waals surface area contributed by atoms with E-state index in [-0.39, 0.29) is 0 Å². The second kappa shape index (κ2) is 5.17. The van der Waals surface area contributed by atoms with Crippen LogP contribution < -0.4 is 5.73 Å². The maximum atomic E-state index is 5.70. The first-order chi connectivity index (χ1) is 7.34. The first-order valence-corrected chi connectivity index (χ1v) is 5.80. The Morgan fingerprint density at radius 1 is 1.20 bits per heavy atom. The van der Waals surface area contributed by atoms with Gasteiger partial charge in [0.25, 0.3) is 0 Å². The molecular formula is C13H19NO. The number of hydrogen-bond donors (Lipinski definition) is 1. The molecule has 0 saturated carbocycles. The smallest absolute Gasteiger partial charge is 0.0578 e. The van der Waals surface area contributed by atoms with Gasteiger partial charge in [0.2, 0.25) is 0 Å². The fourth-order valence-corrected chi connectivity index (χ4v) is 2.05. The molecule has 1 aromatic rings. The highest BCUT2D eigenvalue weighted by Crippen LogP contribution is 2.18. The number of nitrogens with two attached hydrogens (primary N) is 1. The summed E-state index contributed by atoms with van der Waals surface area (Å²) in [4.78, 5) is 0. The lowest BCUT2D eigenvalue weighted by atomic mass is 10.0. The van der Waals surface area contributed by atoms with Crippen molar-refractivity contribution < 1.29 is 4.74 Å². The van der Waals surface area contributed by atoms with Crippen molar-refractivity contribution in [3.8, 4) is 0 Å². The van der Waals surface area contributed by atoms with Gasteiger partial charge >= 0.3 is 0 Å². The number of anilines is 1. The van der Waals surface area contributed by atoms with Gasteiger partial charge in [0.15, 0.2) is 0 Å². The van der Waals surface area contributed by atoms with Crippen molar-refractivity contribution in [2.45, 2.75) is 38.2 Å². The first kappa shape index (κ1) is 10.5. The minimum Gasteiger partial charge on any atom is -0.399 e. The molecule has 1 heterocycles. The number of nitrogen functional groups attached to an aromatic ring is 1. The lowest BCUT2D eigenvalue weighted by Gasteiger charge is -2.22. The molecule has 1 aliphatic rings. The molecule has 2 heteroatoms. The van der Waals surface area contributed by atoms with Gasteiger partial charge in [-0.25, -0.2) is 0 Å². The van der Waals surface area contributed by atoms with E-state index in [1.807, 2.05) is 12.1 Å². The number of ether oxygens (including phenoxy) is 1. The maximum Gasteiger partial charge on any atom is 0.0578 e. The molecule has 2 nitrogen and oxygen atoms in total. The van der Waals surface area contributed by atoms with Crippen LogP contribution in [0.4, 0.5) is 5.69 Å². The molecule has 15 heavy (non-hydrogen) atoms. The van der Waals surface area contributed by atoms with E-state index in [1.54, 1.807) is 0 Å². The van der Waals surface area contributed by atoms with Crippen LogP contribution in [0.5, 0.6) is 0 Å². The number of hydrogen-bond acceptors (Lipinski definition) is 2. The van der Waals surface area contributed by atoms with Crippen molar-refractivity contribution in [2.75, 3.05) is 12.3 Å². The van der Waals surface area contributed by atoms with Crippen LogP contribution in [-0.4, -0.2) is 12.7 Å². The topological polar surface area (TPSA) is 35.2 Å². The van der Waals surface area contributed by atoms with Gasteiger partial charge < -0.3 is 10.5 Å². The van der Waals surface area contributed by atoms with Crippen LogP contribution in [0.25, 0.3) is 0 Å². The van der Waals surface area contributed by atoms with Gasteiger partial charge in [-0.05, 0) is 49.8 Å². The molecule has 1 fully saturated rings. The summed E-state index contributed by atoms with van der Waals surface area (Å²) in [6.45, 7) is 0.951. The van der Waals surface area contributed by atoms with Crippen LogP contribution >= 0.6 is 0 Å². The zero-order chi connectivity index (χ0) is 10.5. The summed E-state index contributed by atoms with van der Waals surface area (Å²) >= 11 is 0. The average Bonchev–Trinajstić information content (AvgIpc) is 2.30. The zero-order valence-corrected chi connectivity index (χ0v) is 9.11. The molecule has 0 spiro atoms. The number of benzene rings is 1. The van der Waals surface area contributed by atoms with E-state index < -0.39 is 0 Å². The summed E-state index contributed by atoms with van der Waals surface area (Å²) < 4.78 is 5.70. The van der Waals surface area contributed by atoms with Crippen molar-refractivity contribution in [1.82, 2.24) is 0 Å². The Kier molecular flexibility index (Phi) is 3.62. The van der Waals surface area contributed by atoms with E-state index in [0.717, 1.165) is 25.1 Å². The normalized spacial score (nSPS) is 21.5. The van der Waals surface area contributed by atoms with E-state index in [0.29, 0.717) is 6.10 Å². The molecule has 0 radical (unpaired) electrons. The summed E-state index contributed by atoms with van der Waals surface area (Å²) in [6.07, 6.45) is 6.52. The number of rotatable bonds is 3. The zero-order valence-electron chi connectivity index (χ0n) is 9.11. The predicted octanol–water partition coefficient (Wildman–Crippen LogP) is 2.77. The fraction of sp³-hybridized carbons (Fsp3) is 0.538. The largest absolute Gasteiger partial charge is 0.399 e. The Morgan fingerprint density at radius 3 is 2.67 bits per heavy atom. The van der Waals surface area contributed by atoms with Crippen LogP contribution in [0.2, 0.25) is 0 Å². The molecule has 0 amide bonds. The van der Waals surface area contributed by atoms with Crippen molar-refractivity contribution in [3.63, 3.8) is 0 Å². The van der Waals surface area contributed by atoms with Gasteiger partial charge in [-0.3, -0.25) is 0 Å². The van der Waals surface area contributed by atoms with E-state index in [2.05, 4.69) is 12.1 Å². The van der Waals surface area contributed by atoms with Gasteiger partial charge in [0.1, 0.15) is 0 Å². The Morgan fingerprint density at radius 2 is 2.00 bits per heavy atom. The van der Waals surface area contributed by atoms with Crippen molar-refractivity contribution in [1.29, 1.82) is 0 Å². The lowest BCUT2D eigenvalue weighted by molar-refractivity contribution is 0.0115. The number of aryl methyl sites for hydroxylation is 1. The minimum atomic E-state index is 0.483. The van der Waals surface area contributed by atoms with Gasteiger partial charge in [-0.1, -0.05) is 12.1 Å². The summed E-state index contributed by atoms with van der Waals surface area (Å²) in [5, 5.41) is 0. The van der Waals surface area contributed by atoms with Gasteiger partial charge in [0, 0.05) is 12.3 Å².